The molecule has 4 aliphatic carbocycles. The predicted octanol–water partition coefficient (Wildman–Crippen LogP) is 5.43. The van der Waals surface area contributed by atoms with Gasteiger partial charge in [-0.1, -0.05) is 32.4 Å². The van der Waals surface area contributed by atoms with Crippen LogP contribution in [0.3, 0.4) is 0 Å². The van der Waals surface area contributed by atoms with Crippen LogP contribution in [0.25, 0.3) is 0 Å². The van der Waals surface area contributed by atoms with Gasteiger partial charge in [-0.05, 0) is 98.2 Å². The highest BCUT2D eigenvalue weighted by Crippen LogP contribution is 2.67. The van der Waals surface area contributed by atoms with E-state index in [1.807, 2.05) is 0 Å². The number of fused-ring (bicyclic) bond motifs is 5. The molecule has 3 fully saturated rings. The molecule has 27 heavy (non-hydrogen) atoms. The Morgan fingerprint density at radius 1 is 1.15 bits per heavy atom. The van der Waals surface area contributed by atoms with Crippen molar-refractivity contribution in [1.29, 1.82) is 0 Å². The predicted molar refractivity (Wildman–Crippen MR) is 107 cm³/mol. The largest absolute Gasteiger partial charge is 0.481 e. The Labute approximate surface area is 164 Å². The first-order valence-electron chi connectivity index (χ1n) is 11.4. The van der Waals surface area contributed by atoms with Gasteiger partial charge in [0.2, 0.25) is 0 Å². The molecule has 0 radical (unpaired) electrons. The first kappa shape index (κ1) is 19.5. The molecule has 4 rings (SSSR count). The summed E-state index contributed by atoms with van der Waals surface area (Å²) in [5, 5.41) is 19.2. The number of allylic oxidation sites excluding steroid dienone is 1. The second-order valence-corrected chi connectivity index (χ2v) is 10.8. The SMILES string of the molecule is C[C@H](CCC(=O)O)[C@H]1CC[C@H]2[C@@H]3CCC4=C[C@@H](O)CC[C@]4(C)[C@H]3CC[C@]12C. The number of aliphatic hydroxyl groups is 1. The topological polar surface area (TPSA) is 57.5 Å². The minimum absolute atomic E-state index is 0.218. The van der Waals surface area contributed by atoms with Crippen LogP contribution in [-0.2, 0) is 4.79 Å². The third kappa shape index (κ3) is 3.09. The molecule has 0 spiro atoms. The minimum atomic E-state index is -0.649. The molecule has 0 heterocycles. The molecule has 0 amide bonds. The number of hydrogen-bond acceptors (Lipinski definition) is 2. The second-order valence-electron chi connectivity index (χ2n) is 10.8. The van der Waals surface area contributed by atoms with E-state index in [0.717, 1.165) is 37.0 Å². The van der Waals surface area contributed by atoms with Crippen LogP contribution in [-0.4, -0.2) is 22.3 Å². The van der Waals surface area contributed by atoms with Crippen LogP contribution in [0.15, 0.2) is 11.6 Å². The first-order chi connectivity index (χ1) is 12.8. The molecule has 0 aromatic heterocycles. The smallest absolute Gasteiger partial charge is 0.303 e. The van der Waals surface area contributed by atoms with Crippen molar-refractivity contribution in [2.24, 2.45) is 40.4 Å². The fourth-order valence-corrected chi connectivity index (χ4v) is 8.24. The molecule has 2 N–H and O–H groups in total. The lowest BCUT2D eigenvalue weighted by atomic mass is 9.46. The Morgan fingerprint density at radius 3 is 2.67 bits per heavy atom. The van der Waals surface area contributed by atoms with Crippen molar-refractivity contribution in [3.05, 3.63) is 11.6 Å². The second kappa shape index (κ2) is 6.90. The fourth-order valence-electron chi connectivity index (χ4n) is 8.24. The van der Waals surface area contributed by atoms with Crippen molar-refractivity contribution in [3.8, 4) is 0 Å². The van der Waals surface area contributed by atoms with Gasteiger partial charge in [-0.15, -0.1) is 0 Å². The van der Waals surface area contributed by atoms with Gasteiger partial charge in [0.1, 0.15) is 0 Å². The quantitative estimate of drug-likeness (QED) is 0.645. The Balaban J connectivity index is 1.54. The molecular formula is C24H38O3. The number of rotatable bonds is 4. The lowest BCUT2D eigenvalue weighted by Gasteiger charge is -2.59. The van der Waals surface area contributed by atoms with Crippen LogP contribution >= 0.6 is 0 Å². The van der Waals surface area contributed by atoms with E-state index in [9.17, 15) is 9.90 Å². The van der Waals surface area contributed by atoms with Crippen LogP contribution in [0, 0.1) is 40.4 Å². The summed E-state index contributed by atoms with van der Waals surface area (Å²) < 4.78 is 0. The number of hydrogen-bond donors (Lipinski definition) is 2. The lowest BCUT2D eigenvalue weighted by molar-refractivity contribution is -0.137. The number of carboxylic acids is 1. The van der Waals surface area contributed by atoms with Gasteiger partial charge in [0, 0.05) is 6.42 Å². The molecule has 8 atom stereocenters. The maximum Gasteiger partial charge on any atom is 0.303 e. The average Bonchev–Trinajstić information content (AvgIpc) is 2.97. The highest BCUT2D eigenvalue weighted by molar-refractivity contribution is 5.66. The van der Waals surface area contributed by atoms with Crippen LogP contribution < -0.4 is 0 Å². The monoisotopic (exact) mass is 374 g/mol. The zero-order valence-electron chi connectivity index (χ0n) is 17.4. The van der Waals surface area contributed by atoms with Gasteiger partial charge in [-0.25, -0.2) is 0 Å². The zero-order valence-corrected chi connectivity index (χ0v) is 17.4. The van der Waals surface area contributed by atoms with E-state index < -0.39 is 5.97 Å². The summed E-state index contributed by atoms with van der Waals surface area (Å²) in [6.07, 6.45) is 13.0. The van der Waals surface area contributed by atoms with Crippen molar-refractivity contribution < 1.29 is 15.0 Å². The minimum Gasteiger partial charge on any atom is -0.481 e. The standard InChI is InChI=1S/C24H38O3/c1-15(4-9-22(26)27)19-7-8-20-18-6-5-16-14-17(25)10-12-23(16,2)21(18)11-13-24(19,20)3/h14-15,17-21,25H,4-13H2,1-3H3,(H,26,27)/t15-,17+,18+,19-,20+,21+,23+,24-/m1/s1. The van der Waals surface area contributed by atoms with E-state index in [0.29, 0.717) is 29.1 Å². The van der Waals surface area contributed by atoms with Crippen molar-refractivity contribution in [2.45, 2.75) is 91.1 Å². The maximum atomic E-state index is 11.0. The van der Waals surface area contributed by atoms with Gasteiger partial charge in [0.05, 0.1) is 6.10 Å². The van der Waals surface area contributed by atoms with Gasteiger partial charge >= 0.3 is 5.97 Å². The summed E-state index contributed by atoms with van der Waals surface area (Å²) in [6, 6.07) is 0. The summed E-state index contributed by atoms with van der Waals surface area (Å²) in [5.41, 5.74) is 2.27. The van der Waals surface area contributed by atoms with Crippen molar-refractivity contribution in [2.75, 3.05) is 0 Å². The number of aliphatic hydroxyl groups excluding tert-OH is 1. The van der Waals surface area contributed by atoms with Crippen LogP contribution in [0.5, 0.6) is 0 Å². The summed E-state index contributed by atoms with van der Waals surface area (Å²) in [6.45, 7) is 7.34. The average molecular weight is 375 g/mol. The van der Waals surface area contributed by atoms with Crippen molar-refractivity contribution in [3.63, 3.8) is 0 Å². The first-order valence-corrected chi connectivity index (χ1v) is 11.4. The molecule has 0 saturated heterocycles. The third-order valence-electron chi connectivity index (χ3n) is 9.66. The molecule has 0 aromatic rings. The Kier molecular flexibility index (Phi) is 4.98. The van der Waals surface area contributed by atoms with Crippen molar-refractivity contribution >= 4 is 5.97 Å². The molecule has 4 aliphatic rings. The van der Waals surface area contributed by atoms with E-state index in [1.54, 1.807) is 5.57 Å². The molecular weight excluding hydrogens is 336 g/mol. The lowest BCUT2D eigenvalue weighted by Crippen LogP contribution is -2.51. The van der Waals surface area contributed by atoms with Crippen LogP contribution in [0.2, 0.25) is 0 Å². The molecule has 0 unspecified atom stereocenters. The molecule has 152 valence electrons. The molecule has 3 heteroatoms. The van der Waals surface area contributed by atoms with E-state index in [1.165, 1.54) is 38.5 Å². The van der Waals surface area contributed by atoms with E-state index in [4.69, 9.17) is 5.11 Å². The molecule has 3 nitrogen and oxygen atoms in total. The third-order valence-corrected chi connectivity index (χ3v) is 9.66. The van der Waals surface area contributed by atoms with Gasteiger partial charge in [0.25, 0.3) is 0 Å². The fraction of sp³-hybridized carbons (Fsp3) is 0.875. The van der Waals surface area contributed by atoms with Gasteiger partial charge in [-0.3, -0.25) is 4.79 Å². The van der Waals surface area contributed by atoms with E-state index >= 15 is 0 Å². The van der Waals surface area contributed by atoms with Gasteiger partial charge in [-0.2, -0.15) is 0 Å². The maximum absolute atomic E-state index is 11.0. The number of aliphatic carboxylic acids is 1. The van der Waals surface area contributed by atoms with E-state index in [2.05, 4.69) is 26.8 Å². The zero-order chi connectivity index (χ0) is 19.4. The highest BCUT2D eigenvalue weighted by atomic mass is 16.4. The molecule has 3 saturated carbocycles. The summed E-state index contributed by atoms with van der Waals surface area (Å²) in [5.74, 6) is 3.00. The molecule has 0 bridgehead atoms. The van der Waals surface area contributed by atoms with Crippen LogP contribution in [0.4, 0.5) is 0 Å². The Hall–Kier alpha value is -0.830. The van der Waals surface area contributed by atoms with Gasteiger partial charge < -0.3 is 10.2 Å². The molecule has 0 aromatic carbocycles. The molecule has 0 aliphatic heterocycles. The van der Waals surface area contributed by atoms with Gasteiger partial charge in [0.15, 0.2) is 0 Å². The van der Waals surface area contributed by atoms with Crippen LogP contribution in [0.1, 0.15) is 85.0 Å². The highest BCUT2D eigenvalue weighted by Gasteiger charge is 2.59. The summed E-state index contributed by atoms with van der Waals surface area (Å²) in [7, 11) is 0. The summed E-state index contributed by atoms with van der Waals surface area (Å²) in [4.78, 5) is 11.0. The Bertz CT molecular complexity index is 625. The van der Waals surface area contributed by atoms with E-state index in [-0.39, 0.29) is 6.10 Å². The Morgan fingerprint density at radius 2 is 1.93 bits per heavy atom. The van der Waals surface area contributed by atoms with Crippen molar-refractivity contribution in [1.82, 2.24) is 0 Å². The number of carboxylic acid groups (broad SMARTS) is 1. The summed E-state index contributed by atoms with van der Waals surface area (Å²) >= 11 is 0. The number of carbonyl (C=O) groups is 1. The normalized spacial score (nSPS) is 47.4.